The van der Waals surface area contributed by atoms with Gasteiger partial charge < -0.3 is 4.43 Å². The molecule has 100 valence electrons. The summed E-state index contributed by atoms with van der Waals surface area (Å²) in [5, 5.41) is 0. The molecule has 0 aliphatic rings. The number of rotatable bonds is 6. The van der Waals surface area contributed by atoms with Crippen LogP contribution in [0.4, 0.5) is 0 Å². The molecular formula is C17H22OSi. The number of benzene rings is 1. The second kappa shape index (κ2) is 7.78. The molecule has 0 fully saturated rings. The van der Waals surface area contributed by atoms with Crippen molar-refractivity contribution in [2.24, 2.45) is 0 Å². The smallest absolute Gasteiger partial charge is 0.266 e. The monoisotopic (exact) mass is 270 g/mol. The van der Waals surface area contributed by atoms with Gasteiger partial charge in [-0.2, -0.15) is 0 Å². The summed E-state index contributed by atoms with van der Waals surface area (Å²) in [6.07, 6.45) is 6.95. The molecule has 1 rings (SSSR count). The maximum absolute atomic E-state index is 6.15. The summed E-state index contributed by atoms with van der Waals surface area (Å²) < 4.78 is 6.15. The van der Waals surface area contributed by atoms with Crippen LogP contribution in [0.1, 0.15) is 18.9 Å². The molecule has 2 heteroatoms. The molecule has 0 aromatic heterocycles. The van der Waals surface area contributed by atoms with Crippen molar-refractivity contribution in [3.63, 3.8) is 0 Å². The Kier molecular flexibility index (Phi) is 6.34. The van der Waals surface area contributed by atoms with E-state index in [1.54, 1.807) is 0 Å². The van der Waals surface area contributed by atoms with Crippen molar-refractivity contribution in [2.45, 2.75) is 32.5 Å². The van der Waals surface area contributed by atoms with Crippen LogP contribution in [0.5, 0.6) is 0 Å². The van der Waals surface area contributed by atoms with Gasteiger partial charge in [0.05, 0.1) is 6.10 Å². The molecule has 0 bridgehead atoms. The molecule has 1 atom stereocenters. The molecular weight excluding hydrogens is 248 g/mol. The first-order valence-electron chi connectivity index (χ1n) is 6.53. The van der Waals surface area contributed by atoms with Crippen molar-refractivity contribution in [1.29, 1.82) is 0 Å². The number of hydrogen-bond donors (Lipinski definition) is 0. The number of hydrogen-bond acceptors (Lipinski definition) is 1. The Morgan fingerprint density at radius 1 is 1.32 bits per heavy atom. The zero-order valence-corrected chi connectivity index (χ0v) is 13.0. The van der Waals surface area contributed by atoms with E-state index in [4.69, 9.17) is 4.43 Å². The Hall–Kier alpha value is -1.56. The maximum Gasteiger partial charge on any atom is 0.266 e. The normalized spacial score (nSPS) is 12.8. The van der Waals surface area contributed by atoms with Crippen molar-refractivity contribution >= 4 is 14.4 Å². The molecule has 0 heterocycles. The quantitative estimate of drug-likeness (QED) is 0.422. The Balaban J connectivity index is 2.75. The van der Waals surface area contributed by atoms with Gasteiger partial charge in [-0.3, -0.25) is 0 Å². The van der Waals surface area contributed by atoms with Gasteiger partial charge in [-0.05, 0) is 32.0 Å². The SMILES string of the molecule is C=CC[C@@H](/C=C/c1ccccc1)O[Si](C)(C)C#CC. The molecule has 19 heavy (non-hydrogen) atoms. The van der Waals surface area contributed by atoms with Crippen LogP contribution in [0, 0.1) is 11.5 Å². The second-order valence-corrected chi connectivity index (χ2v) is 8.34. The molecule has 0 spiro atoms. The summed E-state index contributed by atoms with van der Waals surface area (Å²) in [6.45, 7) is 9.90. The topological polar surface area (TPSA) is 9.23 Å². The minimum atomic E-state index is -1.90. The van der Waals surface area contributed by atoms with Gasteiger partial charge in [-0.15, -0.1) is 12.5 Å². The van der Waals surface area contributed by atoms with Crippen molar-refractivity contribution in [2.75, 3.05) is 0 Å². The van der Waals surface area contributed by atoms with E-state index in [9.17, 15) is 0 Å². The third-order valence-corrected chi connectivity index (χ3v) is 4.32. The summed E-state index contributed by atoms with van der Waals surface area (Å²) in [5.41, 5.74) is 4.39. The summed E-state index contributed by atoms with van der Waals surface area (Å²) in [6, 6.07) is 10.2. The molecule has 1 nitrogen and oxygen atoms in total. The van der Waals surface area contributed by atoms with Gasteiger partial charge in [0.15, 0.2) is 0 Å². The minimum absolute atomic E-state index is 0.0558. The molecule has 1 aromatic rings. The standard InChI is InChI=1S/C17H22OSi/c1-5-10-17(18-19(3,4)15-6-2)14-13-16-11-8-7-9-12-16/h5,7-9,11-14,17H,1,10H2,2-4H3/b14-13+/t17-/m0/s1. The first-order chi connectivity index (χ1) is 9.07. The van der Waals surface area contributed by atoms with Crippen molar-refractivity contribution in [3.05, 3.63) is 54.6 Å². The van der Waals surface area contributed by atoms with Crippen molar-refractivity contribution in [3.8, 4) is 11.5 Å². The highest BCUT2D eigenvalue weighted by molar-refractivity contribution is 6.79. The van der Waals surface area contributed by atoms with Crippen LogP contribution in [-0.4, -0.2) is 14.4 Å². The predicted octanol–water partition coefficient (Wildman–Crippen LogP) is 4.43. The van der Waals surface area contributed by atoms with Gasteiger partial charge in [-0.25, -0.2) is 0 Å². The van der Waals surface area contributed by atoms with Crippen molar-refractivity contribution < 1.29 is 4.43 Å². The molecule has 0 aliphatic heterocycles. The Morgan fingerprint density at radius 3 is 2.58 bits per heavy atom. The van der Waals surface area contributed by atoms with Gasteiger partial charge in [0.2, 0.25) is 0 Å². The fraction of sp³-hybridized carbons (Fsp3) is 0.294. The highest BCUT2D eigenvalue weighted by Crippen LogP contribution is 2.13. The highest BCUT2D eigenvalue weighted by Gasteiger charge is 2.22. The van der Waals surface area contributed by atoms with Crippen LogP contribution in [0.2, 0.25) is 13.1 Å². The molecule has 0 amide bonds. The lowest BCUT2D eigenvalue weighted by molar-refractivity contribution is 0.251. The lowest BCUT2D eigenvalue weighted by Crippen LogP contribution is -2.33. The van der Waals surface area contributed by atoms with Gasteiger partial charge >= 0.3 is 0 Å². The van der Waals surface area contributed by atoms with E-state index < -0.39 is 8.32 Å². The van der Waals surface area contributed by atoms with E-state index in [0.29, 0.717) is 0 Å². The zero-order chi connectivity index (χ0) is 14.1. The lowest BCUT2D eigenvalue weighted by atomic mass is 10.1. The first-order valence-corrected chi connectivity index (χ1v) is 9.44. The summed E-state index contributed by atoms with van der Waals surface area (Å²) >= 11 is 0. The molecule has 0 aliphatic carbocycles. The molecule has 0 unspecified atom stereocenters. The average Bonchev–Trinajstić information content (AvgIpc) is 2.37. The molecule has 0 saturated heterocycles. The van der Waals surface area contributed by atoms with E-state index in [1.165, 1.54) is 5.56 Å². The lowest BCUT2D eigenvalue weighted by Gasteiger charge is -2.22. The summed E-state index contributed by atoms with van der Waals surface area (Å²) in [4.78, 5) is 0. The summed E-state index contributed by atoms with van der Waals surface area (Å²) in [5.74, 6) is 2.97. The van der Waals surface area contributed by atoms with Crippen LogP contribution in [0.25, 0.3) is 6.08 Å². The van der Waals surface area contributed by atoms with E-state index in [-0.39, 0.29) is 6.10 Å². The zero-order valence-electron chi connectivity index (χ0n) is 12.0. The Labute approximate surface area is 118 Å². The van der Waals surface area contributed by atoms with E-state index >= 15 is 0 Å². The predicted molar refractivity (Wildman–Crippen MR) is 86.1 cm³/mol. The fourth-order valence-electron chi connectivity index (χ4n) is 1.82. The largest absolute Gasteiger partial charge is 0.399 e. The molecule has 0 saturated carbocycles. The highest BCUT2D eigenvalue weighted by atomic mass is 28.4. The Bertz CT molecular complexity index is 477. The van der Waals surface area contributed by atoms with E-state index in [1.807, 2.05) is 31.2 Å². The van der Waals surface area contributed by atoms with Crippen LogP contribution < -0.4 is 0 Å². The van der Waals surface area contributed by atoms with Gasteiger partial charge in [-0.1, -0.05) is 54.1 Å². The van der Waals surface area contributed by atoms with Gasteiger partial charge in [0.1, 0.15) is 0 Å². The van der Waals surface area contributed by atoms with Crippen LogP contribution in [-0.2, 0) is 4.43 Å². The van der Waals surface area contributed by atoms with E-state index in [0.717, 1.165) is 6.42 Å². The third-order valence-electron chi connectivity index (χ3n) is 2.57. The van der Waals surface area contributed by atoms with Crippen molar-refractivity contribution in [1.82, 2.24) is 0 Å². The minimum Gasteiger partial charge on any atom is -0.399 e. The maximum atomic E-state index is 6.15. The van der Waals surface area contributed by atoms with E-state index in [2.05, 4.69) is 55.4 Å². The second-order valence-electron chi connectivity index (χ2n) is 4.84. The van der Waals surface area contributed by atoms with Gasteiger partial charge in [0.25, 0.3) is 8.32 Å². The first kappa shape index (κ1) is 15.5. The molecule has 0 radical (unpaired) electrons. The molecule has 1 aromatic carbocycles. The average molecular weight is 270 g/mol. The van der Waals surface area contributed by atoms with Crippen LogP contribution >= 0.6 is 0 Å². The Morgan fingerprint density at radius 2 is 2.00 bits per heavy atom. The van der Waals surface area contributed by atoms with Gasteiger partial charge in [0, 0.05) is 0 Å². The summed E-state index contributed by atoms with van der Waals surface area (Å²) in [7, 11) is -1.90. The molecule has 0 N–H and O–H groups in total. The van der Waals surface area contributed by atoms with Crippen LogP contribution in [0.3, 0.4) is 0 Å². The van der Waals surface area contributed by atoms with Crippen LogP contribution in [0.15, 0.2) is 49.1 Å². The third kappa shape index (κ3) is 6.24. The fourth-order valence-corrected chi connectivity index (χ4v) is 3.41.